The van der Waals surface area contributed by atoms with Crippen molar-refractivity contribution in [1.29, 1.82) is 0 Å². The average Bonchev–Trinajstić information content (AvgIpc) is 2.56. The average molecular weight is 236 g/mol. The SMILES string of the molecule is CC(C)/N=c1/oc2c(n1C(C)C)CCC[C@@H]2C. The van der Waals surface area contributed by atoms with E-state index in [0.717, 1.165) is 12.1 Å². The summed E-state index contributed by atoms with van der Waals surface area (Å²) in [4.78, 5) is 4.62. The van der Waals surface area contributed by atoms with Crippen LogP contribution >= 0.6 is 0 Å². The van der Waals surface area contributed by atoms with Crippen molar-refractivity contribution in [3.8, 4) is 0 Å². The molecule has 1 aliphatic rings. The second-order valence-corrected chi connectivity index (χ2v) is 5.68. The van der Waals surface area contributed by atoms with Gasteiger partial charge in [0.05, 0.1) is 5.69 Å². The van der Waals surface area contributed by atoms with E-state index < -0.39 is 0 Å². The molecule has 0 spiro atoms. The zero-order chi connectivity index (χ0) is 12.6. The monoisotopic (exact) mass is 236 g/mol. The molecule has 1 aromatic rings. The quantitative estimate of drug-likeness (QED) is 0.774. The van der Waals surface area contributed by atoms with Crippen molar-refractivity contribution in [2.75, 3.05) is 0 Å². The first-order chi connectivity index (χ1) is 8.00. The highest BCUT2D eigenvalue weighted by atomic mass is 16.4. The minimum atomic E-state index is 0.280. The van der Waals surface area contributed by atoms with E-state index in [1.807, 2.05) is 0 Å². The van der Waals surface area contributed by atoms with Crippen molar-refractivity contribution in [3.05, 3.63) is 17.1 Å². The number of aromatic nitrogens is 1. The molecule has 0 aromatic carbocycles. The molecule has 0 fully saturated rings. The van der Waals surface area contributed by atoms with Crippen LogP contribution in [-0.4, -0.2) is 10.6 Å². The van der Waals surface area contributed by atoms with Crippen LogP contribution in [-0.2, 0) is 6.42 Å². The van der Waals surface area contributed by atoms with Gasteiger partial charge in [-0.05, 0) is 47.0 Å². The third kappa shape index (κ3) is 2.33. The summed E-state index contributed by atoms with van der Waals surface area (Å²) in [6, 6.07) is 0.702. The number of hydrogen-bond donors (Lipinski definition) is 0. The van der Waals surface area contributed by atoms with Crippen molar-refractivity contribution < 1.29 is 4.42 Å². The zero-order valence-electron chi connectivity index (χ0n) is 11.7. The first-order valence-corrected chi connectivity index (χ1v) is 6.78. The highest BCUT2D eigenvalue weighted by molar-refractivity contribution is 5.17. The van der Waals surface area contributed by atoms with Crippen molar-refractivity contribution in [2.24, 2.45) is 4.99 Å². The number of rotatable bonds is 2. The Balaban J connectivity index is 2.61. The summed E-state index contributed by atoms with van der Waals surface area (Å²) >= 11 is 0. The van der Waals surface area contributed by atoms with Crippen LogP contribution in [0.1, 0.15) is 70.9 Å². The van der Waals surface area contributed by atoms with Gasteiger partial charge in [0.1, 0.15) is 5.76 Å². The number of nitrogens with zero attached hydrogens (tertiary/aromatic N) is 2. The second-order valence-electron chi connectivity index (χ2n) is 5.68. The molecule has 1 atom stereocenters. The molecule has 0 bridgehead atoms. The molecule has 17 heavy (non-hydrogen) atoms. The Morgan fingerprint density at radius 1 is 1.29 bits per heavy atom. The maximum Gasteiger partial charge on any atom is 0.297 e. The predicted octanol–water partition coefficient (Wildman–Crippen LogP) is 3.41. The van der Waals surface area contributed by atoms with Crippen LogP contribution in [0.3, 0.4) is 0 Å². The fraction of sp³-hybridized carbons (Fsp3) is 0.786. The Hall–Kier alpha value is -0.990. The smallest absolute Gasteiger partial charge is 0.297 e. The summed E-state index contributed by atoms with van der Waals surface area (Å²) in [5.74, 6) is 1.71. The van der Waals surface area contributed by atoms with E-state index in [-0.39, 0.29) is 6.04 Å². The maximum atomic E-state index is 6.02. The number of fused-ring (bicyclic) bond motifs is 1. The van der Waals surface area contributed by atoms with Gasteiger partial charge in [-0.1, -0.05) is 6.92 Å². The highest BCUT2D eigenvalue weighted by Gasteiger charge is 2.25. The lowest BCUT2D eigenvalue weighted by atomic mass is 9.92. The highest BCUT2D eigenvalue weighted by Crippen LogP contribution is 2.31. The van der Waals surface area contributed by atoms with Crippen molar-refractivity contribution in [1.82, 2.24) is 4.57 Å². The molecule has 1 aliphatic carbocycles. The molecular formula is C14H24N2O. The molecule has 0 N–H and O–H groups in total. The molecule has 0 saturated carbocycles. The normalized spacial score (nSPS) is 21.4. The molecule has 1 aromatic heterocycles. The van der Waals surface area contributed by atoms with Crippen LogP contribution in [0.15, 0.2) is 9.41 Å². The molecule has 2 rings (SSSR count). The van der Waals surface area contributed by atoms with E-state index >= 15 is 0 Å². The van der Waals surface area contributed by atoms with Gasteiger partial charge in [-0.25, -0.2) is 4.99 Å². The minimum absolute atomic E-state index is 0.280. The number of hydrogen-bond acceptors (Lipinski definition) is 2. The lowest BCUT2D eigenvalue weighted by Crippen LogP contribution is -2.22. The second kappa shape index (κ2) is 4.71. The molecular weight excluding hydrogens is 212 g/mol. The maximum absolute atomic E-state index is 6.02. The lowest BCUT2D eigenvalue weighted by Gasteiger charge is -2.19. The van der Waals surface area contributed by atoms with Gasteiger partial charge in [-0.15, -0.1) is 0 Å². The first kappa shape index (κ1) is 12.5. The first-order valence-electron chi connectivity index (χ1n) is 6.78. The summed E-state index contributed by atoms with van der Waals surface area (Å²) in [5.41, 5.74) is 2.19. The van der Waals surface area contributed by atoms with Gasteiger partial charge in [0.2, 0.25) is 0 Å². The van der Waals surface area contributed by atoms with E-state index in [0.29, 0.717) is 12.0 Å². The van der Waals surface area contributed by atoms with Gasteiger partial charge in [-0.3, -0.25) is 4.57 Å². The zero-order valence-corrected chi connectivity index (χ0v) is 11.7. The summed E-state index contributed by atoms with van der Waals surface area (Å²) in [7, 11) is 0. The van der Waals surface area contributed by atoms with Gasteiger partial charge in [-0.2, -0.15) is 0 Å². The molecule has 0 radical (unpaired) electrons. The fourth-order valence-corrected chi connectivity index (χ4v) is 2.62. The molecule has 0 unspecified atom stereocenters. The lowest BCUT2D eigenvalue weighted by molar-refractivity contribution is 0.385. The Morgan fingerprint density at radius 2 is 2.00 bits per heavy atom. The van der Waals surface area contributed by atoms with E-state index in [2.05, 4.69) is 44.2 Å². The third-order valence-electron chi connectivity index (χ3n) is 3.37. The molecule has 0 aliphatic heterocycles. The minimum Gasteiger partial charge on any atom is -0.428 e. The van der Waals surface area contributed by atoms with Crippen molar-refractivity contribution >= 4 is 0 Å². The summed E-state index contributed by atoms with van der Waals surface area (Å²) in [5, 5.41) is 0. The van der Waals surface area contributed by atoms with Gasteiger partial charge in [0.15, 0.2) is 0 Å². The van der Waals surface area contributed by atoms with Crippen molar-refractivity contribution in [2.45, 2.75) is 71.9 Å². The Bertz CT molecular complexity index is 451. The fourth-order valence-electron chi connectivity index (χ4n) is 2.62. The Morgan fingerprint density at radius 3 is 2.59 bits per heavy atom. The van der Waals surface area contributed by atoms with Crippen LogP contribution in [0.5, 0.6) is 0 Å². The predicted molar refractivity (Wildman–Crippen MR) is 69.1 cm³/mol. The summed E-state index contributed by atoms with van der Waals surface area (Å²) < 4.78 is 8.30. The molecule has 96 valence electrons. The van der Waals surface area contributed by atoms with E-state index in [1.165, 1.54) is 24.3 Å². The van der Waals surface area contributed by atoms with Crippen LogP contribution in [0.4, 0.5) is 0 Å². The largest absolute Gasteiger partial charge is 0.428 e. The topological polar surface area (TPSA) is 30.4 Å². The van der Waals surface area contributed by atoms with Crippen LogP contribution in [0.25, 0.3) is 0 Å². The summed E-state index contributed by atoms with van der Waals surface area (Å²) in [6.07, 6.45) is 3.64. The van der Waals surface area contributed by atoms with Crippen LogP contribution < -0.4 is 5.68 Å². The summed E-state index contributed by atoms with van der Waals surface area (Å²) in [6.45, 7) is 10.8. The van der Waals surface area contributed by atoms with Gasteiger partial charge in [0, 0.05) is 18.0 Å². The molecule has 3 heteroatoms. The van der Waals surface area contributed by atoms with E-state index in [9.17, 15) is 0 Å². The Kier molecular flexibility index (Phi) is 3.45. The van der Waals surface area contributed by atoms with Crippen LogP contribution in [0.2, 0.25) is 0 Å². The number of oxazole rings is 1. The Labute approximate surface area is 104 Å². The van der Waals surface area contributed by atoms with Gasteiger partial charge >= 0.3 is 0 Å². The molecule has 0 amide bonds. The standard InChI is InChI=1S/C14H24N2O/c1-9(2)15-14-16(10(3)4)12-8-6-7-11(5)13(12)17-14/h9-11H,6-8H2,1-5H3/b15-14+/t11-/m0/s1. The van der Waals surface area contributed by atoms with Crippen molar-refractivity contribution in [3.63, 3.8) is 0 Å². The molecule has 0 saturated heterocycles. The van der Waals surface area contributed by atoms with E-state index in [4.69, 9.17) is 4.42 Å². The molecule has 1 heterocycles. The van der Waals surface area contributed by atoms with E-state index in [1.54, 1.807) is 0 Å². The third-order valence-corrected chi connectivity index (χ3v) is 3.37. The van der Waals surface area contributed by atoms with Crippen LogP contribution in [0, 0.1) is 0 Å². The molecule has 3 nitrogen and oxygen atoms in total. The van der Waals surface area contributed by atoms with Gasteiger partial charge < -0.3 is 4.42 Å². The van der Waals surface area contributed by atoms with Gasteiger partial charge in [0.25, 0.3) is 5.68 Å².